The van der Waals surface area contributed by atoms with E-state index in [1.165, 1.54) is 12.3 Å². The number of nitrogens with zero attached hydrogens (tertiary/aromatic N) is 2. The summed E-state index contributed by atoms with van der Waals surface area (Å²) in [5.74, 6) is -0.973. The van der Waals surface area contributed by atoms with Crippen LogP contribution in [0.4, 0.5) is 11.5 Å². The van der Waals surface area contributed by atoms with Gasteiger partial charge in [0.2, 0.25) is 0 Å². The third-order valence-electron chi connectivity index (χ3n) is 5.04. The monoisotopic (exact) mass is 417 g/mol. The fraction of sp³-hybridized carbons (Fsp3) is 0.240. The van der Waals surface area contributed by atoms with E-state index in [9.17, 15) is 14.7 Å². The number of aromatic nitrogens is 1. The van der Waals surface area contributed by atoms with Crippen LogP contribution in [0.1, 0.15) is 51.6 Å². The lowest BCUT2D eigenvalue weighted by atomic mass is 10.1. The first-order valence-electron chi connectivity index (χ1n) is 10.4. The number of anilines is 2. The van der Waals surface area contributed by atoms with Crippen LogP contribution in [0.3, 0.4) is 0 Å². The van der Waals surface area contributed by atoms with Gasteiger partial charge in [0, 0.05) is 18.7 Å². The van der Waals surface area contributed by atoms with Crippen molar-refractivity contribution in [3.05, 3.63) is 89.1 Å². The minimum absolute atomic E-state index is 0.0645. The number of amides is 1. The molecule has 1 amide bonds. The van der Waals surface area contributed by atoms with Gasteiger partial charge in [0.25, 0.3) is 5.91 Å². The Morgan fingerprint density at radius 2 is 1.74 bits per heavy atom. The summed E-state index contributed by atoms with van der Waals surface area (Å²) < 4.78 is 0. The van der Waals surface area contributed by atoms with Crippen LogP contribution in [0, 0.1) is 6.92 Å². The minimum atomic E-state index is -1.08. The quantitative estimate of drug-likeness (QED) is 0.503. The summed E-state index contributed by atoms with van der Waals surface area (Å²) >= 11 is 0. The van der Waals surface area contributed by atoms with Crippen LogP contribution in [-0.2, 0) is 6.54 Å². The van der Waals surface area contributed by atoms with Crippen LogP contribution in [0.2, 0.25) is 0 Å². The first-order chi connectivity index (χ1) is 15.0. The van der Waals surface area contributed by atoms with Crippen LogP contribution in [0.25, 0.3) is 0 Å². The lowest BCUT2D eigenvalue weighted by Crippen LogP contribution is -2.27. The molecule has 0 saturated heterocycles. The molecule has 0 aliphatic heterocycles. The Balaban J connectivity index is 1.89. The van der Waals surface area contributed by atoms with Gasteiger partial charge in [-0.3, -0.25) is 4.79 Å². The zero-order valence-electron chi connectivity index (χ0n) is 17.8. The highest BCUT2D eigenvalue weighted by molar-refractivity contribution is 6.06. The number of nitrogens with one attached hydrogen (secondary N) is 1. The highest BCUT2D eigenvalue weighted by atomic mass is 16.4. The van der Waals surface area contributed by atoms with Gasteiger partial charge in [-0.25, -0.2) is 9.78 Å². The second-order valence-electron chi connectivity index (χ2n) is 7.43. The van der Waals surface area contributed by atoms with Crippen LogP contribution in [0.15, 0.2) is 66.9 Å². The van der Waals surface area contributed by atoms with E-state index in [1.807, 2.05) is 54.3 Å². The summed E-state index contributed by atoms with van der Waals surface area (Å²) in [4.78, 5) is 31.1. The Labute approximate surface area is 182 Å². The molecule has 3 aromatic rings. The summed E-state index contributed by atoms with van der Waals surface area (Å²) in [6.07, 6.45) is 3.42. The number of carbonyl (C=O) groups excluding carboxylic acids is 1. The van der Waals surface area contributed by atoms with E-state index < -0.39 is 5.97 Å². The van der Waals surface area contributed by atoms with Crippen molar-refractivity contribution in [3.8, 4) is 0 Å². The van der Waals surface area contributed by atoms with Gasteiger partial charge in [0.1, 0.15) is 11.4 Å². The smallest absolute Gasteiger partial charge is 0.339 e. The molecule has 6 heteroatoms. The van der Waals surface area contributed by atoms with Gasteiger partial charge in [-0.05, 0) is 36.6 Å². The molecule has 0 atom stereocenters. The second-order valence-corrected chi connectivity index (χ2v) is 7.43. The molecule has 0 radical (unpaired) electrons. The molecule has 1 aromatic heterocycles. The first-order valence-corrected chi connectivity index (χ1v) is 10.4. The minimum Gasteiger partial charge on any atom is -0.478 e. The Morgan fingerprint density at radius 1 is 1.03 bits per heavy atom. The maximum Gasteiger partial charge on any atom is 0.339 e. The predicted molar refractivity (Wildman–Crippen MR) is 123 cm³/mol. The van der Waals surface area contributed by atoms with Gasteiger partial charge in [0.05, 0.1) is 11.9 Å². The van der Waals surface area contributed by atoms with Gasteiger partial charge in [-0.2, -0.15) is 0 Å². The molecule has 0 spiro atoms. The van der Waals surface area contributed by atoms with Gasteiger partial charge in [0.15, 0.2) is 0 Å². The topological polar surface area (TPSA) is 82.5 Å². The van der Waals surface area contributed by atoms with E-state index in [0.29, 0.717) is 30.2 Å². The molecule has 6 nitrogen and oxygen atoms in total. The molecule has 1 heterocycles. The molecule has 160 valence electrons. The SMILES string of the molecule is CCCCN(Cc1ccccc1)c1ncc(NC(=O)c2ccccc2C)cc1C(=O)O. The third kappa shape index (κ3) is 5.69. The third-order valence-corrected chi connectivity index (χ3v) is 5.04. The second kappa shape index (κ2) is 10.4. The Hall–Kier alpha value is -3.67. The van der Waals surface area contributed by atoms with Crippen LogP contribution < -0.4 is 10.2 Å². The maximum atomic E-state index is 12.6. The summed E-state index contributed by atoms with van der Waals surface area (Å²) in [5.41, 5.74) is 2.88. The van der Waals surface area contributed by atoms with Crippen molar-refractivity contribution >= 4 is 23.4 Å². The average molecular weight is 418 g/mol. The Bertz CT molecular complexity index is 1050. The average Bonchev–Trinajstić information content (AvgIpc) is 2.77. The zero-order valence-corrected chi connectivity index (χ0v) is 17.8. The standard InChI is InChI=1S/C25H27N3O3/c1-3-4-14-28(17-19-11-6-5-7-12-19)23-22(25(30)31)15-20(16-26-23)27-24(29)21-13-9-8-10-18(21)2/h5-13,15-16H,3-4,14,17H2,1-2H3,(H,27,29)(H,30,31). The molecule has 0 fully saturated rings. The van der Waals surface area contributed by atoms with Crippen molar-refractivity contribution in [2.75, 3.05) is 16.8 Å². The number of rotatable bonds is 9. The largest absolute Gasteiger partial charge is 0.478 e. The Kier molecular flexibility index (Phi) is 7.38. The summed E-state index contributed by atoms with van der Waals surface area (Å²) in [6.45, 7) is 5.20. The number of pyridine rings is 1. The van der Waals surface area contributed by atoms with Crippen LogP contribution >= 0.6 is 0 Å². The van der Waals surface area contributed by atoms with Crippen molar-refractivity contribution in [1.29, 1.82) is 0 Å². The molecule has 0 unspecified atom stereocenters. The Morgan fingerprint density at radius 3 is 2.42 bits per heavy atom. The van der Waals surface area contributed by atoms with Crippen molar-refractivity contribution in [1.82, 2.24) is 4.98 Å². The summed E-state index contributed by atoms with van der Waals surface area (Å²) in [5, 5.41) is 12.6. The number of hydrogen-bond acceptors (Lipinski definition) is 4. The molecule has 0 saturated carbocycles. The first kappa shape index (κ1) is 22.0. The van der Waals surface area contributed by atoms with Crippen molar-refractivity contribution in [3.63, 3.8) is 0 Å². The highest BCUT2D eigenvalue weighted by Crippen LogP contribution is 2.24. The number of carboxylic acid groups (broad SMARTS) is 1. The number of carboxylic acids is 1. The number of aryl methyl sites for hydroxylation is 1. The lowest BCUT2D eigenvalue weighted by molar-refractivity contribution is 0.0696. The van der Waals surface area contributed by atoms with E-state index in [1.54, 1.807) is 12.1 Å². The molecule has 2 N–H and O–H groups in total. The number of unbranched alkanes of at least 4 members (excludes halogenated alkanes) is 1. The maximum absolute atomic E-state index is 12.6. The summed E-state index contributed by atoms with van der Waals surface area (Å²) in [6, 6.07) is 18.6. The van der Waals surface area contributed by atoms with Gasteiger partial charge >= 0.3 is 5.97 Å². The van der Waals surface area contributed by atoms with Crippen molar-refractivity contribution < 1.29 is 14.7 Å². The van der Waals surface area contributed by atoms with Crippen LogP contribution in [0.5, 0.6) is 0 Å². The van der Waals surface area contributed by atoms with Gasteiger partial charge < -0.3 is 15.3 Å². The number of hydrogen-bond donors (Lipinski definition) is 2. The summed E-state index contributed by atoms with van der Waals surface area (Å²) in [7, 11) is 0. The molecule has 0 aliphatic rings. The molecular formula is C25H27N3O3. The number of aromatic carboxylic acids is 1. The molecule has 2 aromatic carbocycles. The lowest BCUT2D eigenvalue weighted by Gasteiger charge is -2.25. The molecular weight excluding hydrogens is 390 g/mol. The number of benzene rings is 2. The fourth-order valence-corrected chi connectivity index (χ4v) is 3.37. The molecule has 31 heavy (non-hydrogen) atoms. The molecule has 3 rings (SSSR count). The molecule has 0 bridgehead atoms. The fourth-order valence-electron chi connectivity index (χ4n) is 3.37. The van der Waals surface area contributed by atoms with E-state index >= 15 is 0 Å². The van der Waals surface area contributed by atoms with E-state index in [4.69, 9.17) is 0 Å². The molecule has 0 aliphatic carbocycles. The zero-order chi connectivity index (χ0) is 22.2. The van der Waals surface area contributed by atoms with E-state index in [2.05, 4.69) is 17.2 Å². The van der Waals surface area contributed by atoms with Crippen LogP contribution in [-0.4, -0.2) is 28.5 Å². The highest BCUT2D eigenvalue weighted by Gasteiger charge is 2.20. The van der Waals surface area contributed by atoms with Crippen molar-refractivity contribution in [2.24, 2.45) is 0 Å². The van der Waals surface area contributed by atoms with Crippen molar-refractivity contribution in [2.45, 2.75) is 33.2 Å². The normalized spacial score (nSPS) is 10.5. The van der Waals surface area contributed by atoms with E-state index in [-0.39, 0.29) is 11.5 Å². The number of carbonyl (C=O) groups is 2. The predicted octanol–water partition coefficient (Wildman–Crippen LogP) is 5.15. The van der Waals surface area contributed by atoms with E-state index in [0.717, 1.165) is 24.0 Å². The van der Waals surface area contributed by atoms with Gasteiger partial charge in [-0.15, -0.1) is 0 Å². The van der Waals surface area contributed by atoms with Gasteiger partial charge in [-0.1, -0.05) is 61.9 Å².